The van der Waals surface area contributed by atoms with Gasteiger partial charge in [-0.3, -0.25) is 0 Å². The number of carbonyl (C=O) groups is 1. The minimum absolute atomic E-state index is 0.284. The van der Waals surface area contributed by atoms with Gasteiger partial charge in [-0.1, -0.05) is 6.07 Å². The normalized spacial score (nSPS) is 11.5. The van der Waals surface area contributed by atoms with E-state index in [1.165, 1.54) is 23.5 Å². The summed E-state index contributed by atoms with van der Waals surface area (Å²) in [6, 6.07) is 6.27. The molecule has 0 aliphatic heterocycles. The van der Waals surface area contributed by atoms with Crippen LogP contribution in [0.2, 0.25) is 0 Å². The number of nitrogens with two attached hydrogens (primary N) is 1. The van der Waals surface area contributed by atoms with Crippen molar-refractivity contribution in [2.45, 2.75) is 33.3 Å². The Morgan fingerprint density at radius 1 is 1.29 bits per heavy atom. The van der Waals surface area contributed by atoms with Gasteiger partial charge in [-0.15, -0.1) is 11.3 Å². The van der Waals surface area contributed by atoms with Crippen LogP contribution in [0.3, 0.4) is 0 Å². The third kappa shape index (κ3) is 3.61. The number of anilines is 1. The van der Waals surface area contributed by atoms with E-state index in [9.17, 15) is 9.18 Å². The van der Waals surface area contributed by atoms with Crippen LogP contribution in [0.15, 0.2) is 24.3 Å². The SMILES string of the molecule is Cc1cc(F)ccc1-c1cc(N)c(C(=O)OC(C)(C)C)s1. The molecular formula is C16H18FNO2S. The molecule has 2 N–H and O–H groups in total. The van der Waals surface area contributed by atoms with Crippen LogP contribution in [0.25, 0.3) is 10.4 Å². The number of halogens is 1. The minimum Gasteiger partial charge on any atom is -0.456 e. The molecular weight excluding hydrogens is 289 g/mol. The van der Waals surface area contributed by atoms with Crippen molar-refractivity contribution >= 4 is 23.0 Å². The van der Waals surface area contributed by atoms with Gasteiger partial charge in [0.15, 0.2) is 0 Å². The molecule has 0 fully saturated rings. The van der Waals surface area contributed by atoms with E-state index in [-0.39, 0.29) is 5.82 Å². The lowest BCUT2D eigenvalue weighted by molar-refractivity contribution is 0.00764. The molecule has 1 aromatic carbocycles. The van der Waals surface area contributed by atoms with Crippen molar-refractivity contribution < 1.29 is 13.9 Å². The zero-order valence-electron chi connectivity index (χ0n) is 12.5. The van der Waals surface area contributed by atoms with E-state index in [2.05, 4.69) is 0 Å². The van der Waals surface area contributed by atoms with Crippen molar-refractivity contribution in [2.75, 3.05) is 5.73 Å². The third-order valence-corrected chi connectivity index (χ3v) is 3.96. The van der Waals surface area contributed by atoms with Crippen molar-refractivity contribution in [2.24, 2.45) is 0 Å². The van der Waals surface area contributed by atoms with E-state index < -0.39 is 11.6 Å². The first-order valence-corrected chi connectivity index (χ1v) is 7.38. The van der Waals surface area contributed by atoms with Crippen LogP contribution in [0.1, 0.15) is 36.0 Å². The van der Waals surface area contributed by atoms with Crippen molar-refractivity contribution in [3.8, 4) is 10.4 Å². The second-order valence-electron chi connectivity index (χ2n) is 5.86. The molecule has 0 spiro atoms. The number of esters is 1. The molecule has 0 amide bonds. The highest BCUT2D eigenvalue weighted by atomic mass is 32.1. The predicted octanol–water partition coefficient (Wildman–Crippen LogP) is 4.40. The van der Waals surface area contributed by atoms with Crippen LogP contribution in [-0.2, 0) is 4.74 Å². The summed E-state index contributed by atoms with van der Waals surface area (Å²) >= 11 is 1.26. The van der Waals surface area contributed by atoms with Gasteiger partial charge in [-0.2, -0.15) is 0 Å². The summed E-state index contributed by atoms with van der Waals surface area (Å²) in [5.74, 6) is -0.718. The highest BCUT2D eigenvalue weighted by Gasteiger charge is 2.22. The Morgan fingerprint density at radius 3 is 2.52 bits per heavy atom. The fourth-order valence-corrected chi connectivity index (χ4v) is 2.97. The van der Waals surface area contributed by atoms with Crippen LogP contribution in [0.5, 0.6) is 0 Å². The lowest BCUT2D eigenvalue weighted by Crippen LogP contribution is -2.23. The number of aryl methyl sites for hydroxylation is 1. The Bertz CT molecular complexity index is 686. The molecule has 0 unspecified atom stereocenters. The van der Waals surface area contributed by atoms with Gasteiger partial charge in [0.1, 0.15) is 16.3 Å². The molecule has 0 saturated carbocycles. The van der Waals surface area contributed by atoms with E-state index in [0.717, 1.165) is 16.0 Å². The number of thiophene rings is 1. The van der Waals surface area contributed by atoms with Gasteiger partial charge in [0.2, 0.25) is 0 Å². The maximum atomic E-state index is 13.2. The summed E-state index contributed by atoms with van der Waals surface area (Å²) < 4.78 is 18.5. The van der Waals surface area contributed by atoms with Crippen molar-refractivity contribution in [3.63, 3.8) is 0 Å². The van der Waals surface area contributed by atoms with Gasteiger partial charge in [-0.05, 0) is 57.0 Å². The number of nitrogen functional groups attached to an aromatic ring is 1. The van der Waals surface area contributed by atoms with E-state index in [1.54, 1.807) is 32.9 Å². The average Bonchev–Trinajstić information content (AvgIpc) is 2.68. The van der Waals surface area contributed by atoms with Gasteiger partial charge in [0.05, 0.1) is 5.69 Å². The molecule has 0 aliphatic carbocycles. The number of rotatable bonds is 2. The molecule has 2 aromatic rings. The standard InChI is InChI=1S/C16H18FNO2S/c1-9-7-10(17)5-6-11(9)13-8-12(18)14(21-13)15(19)20-16(2,3)4/h5-8H,18H2,1-4H3. The second-order valence-corrected chi connectivity index (χ2v) is 6.91. The van der Waals surface area contributed by atoms with E-state index >= 15 is 0 Å². The van der Waals surface area contributed by atoms with Crippen molar-refractivity contribution in [1.29, 1.82) is 0 Å². The lowest BCUT2D eigenvalue weighted by atomic mass is 10.1. The summed E-state index contributed by atoms with van der Waals surface area (Å²) in [7, 11) is 0. The summed E-state index contributed by atoms with van der Waals surface area (Å²) in [5.41, 5.74) is 7.39. The number of carbonyl (C=O) groups excluding carboxylic acids is 1. The fraction of sp³-hybridized carbons (Fsp3) is 0.312. The lowest BCUT2D eigenvalue weighted by Gasteiger charge is -2.18. The molecule has 2 rings (SSSR count). The zero-order chi connectivity index (χ0) is 15.8. The highest BCUT2D eigenvalue weighted by molar-refractivity contribution is 7.18. The number of hydrogen-bond acceptors (Lipinski definition) is 4. The number of ether oxygens (including phenoxy) is 1. The van der Waals surface area contributed by atoms with Gasteiger partial charge >= 0.3 is 5.97 Å². The second kappa shape index (κ2) is 5.48. The van der Waals surface area contributed by atoms with Crippen LogP contribution < -0.4 is 5.73 Å². The van der Waals surface area contributed by atoms with Gasteiger partial charge < -0.3 is 10.5 Å². The molecule has 112 valence electrons. The van der Waals surface area contributed by atoms with Crippen molar-refractivity contribution in [3.05, 3.63) is 40.5 Å². The number of benzene rings is 1. The van der Waals surface area contributed by atoms with E-state index in [0.29, 0.717) is 10.6 Å². The Balaban J connectivity index is 2.37. The molecule has 1 heterocycles. The Kier molecular flexibility index (Phi) is 4.05. The monoisotopic (exact) mass is 307 g/mol. The quantitative estimate of drug-likeness (QED) is 0.837. The van der Waals surface area contributed by atoms with Crippen LogP contribution in [0.4, 0.5) is 10.1 Å². The Labute approximate surface area is 127 Å². The smallest absolute Gasteiger partial charge is 0.350 e. The number of hydrogen-bond donors (Lipinski definition) is 1. The largest absolute Gasteiger partial charge is 0.456 e. The third-order valence-electron chi connectivity index (χ3n) is 2.80. The molecule has 3 nitrogen and oxygen atoms in total. The molecule has 21 heavy (non-hydrogen) atoms. The first-order chi connectivity index (χ1) is 9.67. The minimum atomic E-state index is -0.570. The van der Waals surface area contributed by atoms with Gasteiger partial charge in [-0.25, -0.2) is 9.18 Å². The molecule has 1 aromatic heterocycles. The maximum Gasteiger partial charge on any atom is 0.350 e. The molecule has 0 bridgehead atoms. The molecule has 5 heteroatoms. The zero-order valence-corrected chi connectivity index (χ0v) is 13.3. The van der Waals surface area contributed by atoms with E-state index in [1.807, 2.05) is 6.92 Å². The Morgan fingerprint density at radius 2 is 1.95 bits per heavy atom. The molecule has 0 atom stereocenters. The van der Waals surface area contributed by atoms with E-state index in [4.69, 9.17) is 10.5 Å². The molecule has 0 radical (unpaired) electrons. The van der Waals surface area contributed by atoms with Crippen LogP contribution in [0, 0.1) is 12.7 Å². The topological polar surface area (TPSA) is 52.3 Å². The highest BCUT2D eigenvalue weighted by Crippen LogP contribution is 2.36. The first-order valence-electron chi connectivity index (χ1n) is 6.56. The van der Waals surface area contributed by atoms with Crippen molar-refractivity contribution in [1.82, 2.24) is 0 Å². The molecule has 0 saturated heterocycles. The molecule has 0 aliphatic rings. The summed E-state index contributed by atoms with van der Waals surface area (Å²) in [4.78, 5) is 13.3. The summed E-state index contributed by atoms with van der Waals surface area (Å²) in [6.45, 7) is 7.24. The maximum absolute atomic E-state index is 13.2. The van der Waals surface area contributed by atoms with Crippen LogP contribution >= 0.6 is 11.3 Å². The summed E-state index contributed by atoms with van der Waals surface area (Å²) in [6.07, 6.45) is 0. The first kappa shape index (κ1) is 15.5. The van der Waals surface area contributed by atoms with Gasteiger partial charge in [0.25, 0.3) is 0 Å². The van der Waals surface area contributed by atoms with Gasteiger partial charge in [0, 0.05) is 4.88 Å². The Hall–Kier alpha value is -1.88. The predicted molar refractivity (Wildman–Crippen MR) is 84.0 cm³/mol. The fourth-order valence-electron chi connectivity index (χ4n) is 1.93. The summed E-state index contributed by atoms with van der Waals surface area (Å²) in [5, 5.41) is 0. The van der Waals surface area contributed by atoms with Crippen LogP contribution in [-0.4, -0.2) is 11.6 Å². The average molecular weight is 307 g/mol.